The van der Waals surface area contributed by atoms with Gasteiger partial charge < -0.3 is 5.32 Å². The number of rotatable bonds is 9. The molecule has 0 aromatic heterocycles. The third-order valence-electron chi connectivity index (χ3n) is 2.94. The Hall–Kier alpha value is 0.310. The van der Waals surface area contributed by atoms with Gasteiger partial charge in [-0.25, -0.2) is 0 Å². The highest BCUT2D eigenvalue weighted by Crippen LogP contribution is 2.19. The first-order chi connectivity index (χ1) is 6.78. The summed E-state index contributed by atoms with van der Waals surface area (Å²) in [4.78, 5) is 0. The zero-order chi connectivity index (χ0) is 10.8. The Labute approximate surface area is 94.4 Å². The Balaban J connectivity index is 3.75. The molecule has 0 saturated carbocycles. The lowest BCUT2D eigenvalue weighted by Crippen LogP contribution is -2.30. The zero-order valence-electron chi connectivity index (χ0n) is 10.3. The first-order valence-corrected chi connectivity index (χ1v) is 7.33. The summed E-state index contributed by atoms with van der Waals surface area (Å²) in [7, 11) is 2.09. The van der Waals surface area contributed by atoms with Crippen molar-refractivity contribution in [3.8, 4) is 0 Å². The first kappa shape index (κ1) is 14.3. The van der Waals surface area contributed by atoms with Crippen molar-refractivity contribution in [3.63, 3.8) is 0 Å². The minimum absolute atomic E-state index is 0.715. The van der Waals surface area contributed by atoms with E-state index in [4.69, 9.17) is 0 Å². The molecule has 0 aromatic carbocycles. The van der Waals surface area contributed by atoms with E-state index in [1.165, 1.54) is 37.9 Å². The smallest absolute Gasteiger partial charge is 0.0157 e. The van der Waals surface area contributed by atoms with Crippen LogP contribution in [0.5, 0.6) is 0 Å². The number of unbranched alkanes of at least 4 members (excludes halogenated alkanes) is 1. The lowest BCUT2D eigenvalue weighted by atomic mass is 9.93. The van der Waals surface area contributed by atoms with Crippen LogP contribution >= 0.6 is 11.8 Å². The number of hydrogen-bond donors (Lipinski definition) is 1. The highest BCUT2D eigenvalue weighted by molar-refractivity contribution is 7.98. The summed E-state index contributed by atoms with van der Waals surface area (Å²) in [5.74, 6) is 2.18. The van der Waals surface area contributed by atoms with E-state index in [0.29, 0.717) is 6.04 Å². The third-order valence-corrected chi connectivity index (χ3v) is 3.67. The molecule has 0 rings (SSSR count). The van der Waals surface area contributed by atoms with Crippen LogP contribution in [0.4, 0.5) is 0 Å². The monoisotopic (exact) mass is 217 g/mol. The van der Waals surface area contributed by atoms with Crippen LogP contribution in [0, 0.1) is 5.92 Å². The lowest BCUT2D eigenvalue weighted by Gasteiger charge is -2.21. The molecule has 86 valence electrons. The third kappa shape index (κ3) is 6.72. The fraction of sp³-hybridized carbons (Fsp3) is 1.00. The summed E-state index contributed by atoms with van der Waals surface area (Å²) in [6.45, 7) is 4.61. The predicted molar refractivity (Wildman–Crippen MR) is 69.2 cm³/mol. The van der Waals surface area contributed by atoms with Gasteiger partial charge >= 0.3 is 0 Å². The van der Waals surface area contributed by atoms with Crippen LogP contribution in [-0.2, 0) is 0 Å². The summed E-state index contributed by atoms with van der Waals surface area (Å²) in [5.41, 5.74) is 0. The van der Waals surface area contributed by atoms with Crippen molar-refractivity contribution in [1.82, 2.24) is 5.32 Å². The molecular formula is C12H27NS. The average Bonchev–Trinajstić information content (AvgIpc) is 2.22. The molecule has 0 aliphatic rings. The molecular weight excluding hydrogens is 190 g/mol. The predicted octanol–water partition coefficient (Wildman–Crippen LogP) is 3.54. The number of thioether (sulfide) groups is 1. The van der Waals surface area contributed by atoms with Crippen molar-refractivity contribution in [2.75, 3.05) is 19.1 Å². The summed E-state index contributed by atoms with van der Waals surface area (Å²) >= 11 is 1.95. The second kappa shape index (κ2) is 9.85. The van der Waals surface area contributed by atoms with Gasteiger partial charge in [0, 0.05) is 11.8 Å². The van der Waals surface area contributed by atoms with Gasteiger partial charge in [-0.1, -0.05) is 39.5 Å². The molecule has 0 aliphatic carbocycles. The van der Waals surface area contributed by atoms with Crippen LogP contribution < -0.4 is 5.32 Å². The Morgan fingerprint density at radius 2 is 2.00 bits per heavy atom. The molecule has 0 amide bonds. The van der Waals surface area contributed by atoms with E-state index in [9.17, 15) is 0 Å². The van der Waals surface area contributed by atoms with Gasteiger partial charge in [-0.15, -0.1) is 0 Å². The normalized spacial score (nSPS) is 15.4. The molecule has 0 bridgehead atoms. The van der Waals surface area contributed by atoms with Crippen molar-refractivity contribution in [2.24, 2.45) is 5.92 Å². The highest BCUT2D eigenvalue weighted by Gasteiger charge is 2.12. The highest BCUT2D eigenvalue weighted by atomic mass is 32.2. The summed E-state index contributed by atoms with van der Waals surface area (Å²) in [6, 6.07) is 0.715. The summed E-state index contributed by atoms with van der Waals surface area (Å²) < 4.78 is 0. The SMILES string of the molecule is CCCCC(CC)CC(CSC)NC. The van der Waals surface area contributed by atoms with Crippen LogP contribution in [0.3, 0.4) is 0 Å². The second-order valence-corrected chi connectivity index (χ2v) is 5.00. The van der Waals surface area contributed by atoms with Gasteiger partial charge in [-0.05, 0) is 25.6 Å². The van der Waals surface area contributed by atoms with E-state index in [1.807, 2.05) is 11.8 Å². The van der Waals surface area contributed by atoms with Crippen molar-refractivity contribution in [3.05, 3.63) is 0 Å². The molecule has 1 nitrogen and oxygen atoms in total. The fourth-order valence-corrected chi connectivity index (χ4v) is 2.56. The van der Waals surface area contributed by atoms with Crippen LogP contribution in [0.25, 0.3) is 0 Å². The van der Waals surface area contributed by atoms with Gasteiger partial charge in [0.1, 0.15) is 0 Å². The summed E-state index contributed by atoms with van der Waals surface area (Å²) in [6.07, 6.45) is 9.04. The molecule has 2 heteroatoms. The molecule has 14 heavy (non-hydrogen) atoms. The van der Waals surface area contributed by atoms with E-state index >= 15 is 0 Å². The van der Waals surface area contributed by atoms with E-state index in [1.54, 1.807) is 0 Å². The first-order valence-electron chi connectivity index (χ1n) is 5.94. The average molecular weight is 217 g/mol. The lowest BCUT2D eigenvalue weighted by molar-refractivity contribution is 0.375. The molecule has 0 radical (unpaired) electrons. The Kier molecular flexibility index (Phi) is 10.1. The van der Waals surface area contributed by atoms with Gasteiger partial charge in [0.05, 0.1) is 0 Å². The summed E-state index contributed by atoms with van der Waals surface area (Å²) in [5, 5.41) is 3.42. The van der Waals surface area contributed by atoms with E-state index in [0.717, 1.165) is 5.92 Å². The Morgan fingerprint density at radius 3 is 2.43 bits per heavy atom. The van der Waals surface area contributed by atoms with Crippen LogP contribution in [-0.4, -0.2) is 25.1 Å². The van der Waals surface area contributed by atoms with Crippen molar-refractivity contribution in [2.45, 2.75) is 52.0 Å². The molecule has 0 aromatic rings. The molecule has 0 saturated heterocycles. The van der Waals surface area contributed by atoms with Gasteiger partial charge in [-0.3, -0.25) is 0 Å². The second-order valence-electron chi connectivity index (χ2n) is 4.09. The van der Waals surface area contributed by atoms with Crippen molar-refractivity contribution < 1.29 is 0 Å². The fourth-order valence-electron chi connectivity index (χ4n) is 1.85. The minimum atomic E-state index is 0.715. The van der Waals surface area contributed by atoms with E-state index in [-0.39, 0.29) is 0 Å². The van der Waals surface area contributed by atoms with Crippen molar-refractivity contribution in [1.29, 1.82) is 0 Å². The standard InChI is InChI=1S/C12H27NS/c1-5-7-8-11(6-2)9-12(13-3)10-14-4/h11-13H,5-10H2,1-4H3. The number of nitrogens with one attached hydrogen (secondary N) is 1. The minimum Gasteiger partial charge on any atom is -0.316 e. The van der Waals surface area contributed by atoms with Crippen LogP contribution in [0.1, 0.15) is 46.0 Å². The Bertz CT molecular complexity index is 117. The maximum Gasteiger partial charge on any atom is 0.0157 e. The molecule has 0 aliphatic heterocycles. The molecule has 0 spiro atoms. The Morgan fingerprint density at radius 1 is 1.29 bits per heavy atom. The largest absolute Gasteiger partial charge is 0.316 e. The molecule has 1 N–H and O–H groups in total. The quantitative estimate of drug-likeness (QED) is 0.634. The van der Waals surface area contributed by atoms with E-state index in [2.05, 4.69) is 32.5 Å². The van der Waals surface area contributed by atoms with Gasteiger partial charge in [0.15, 0.2) is 0 Å². The van der Waals surface area contributed by atoms with Gasteiger partial charge in [-0.2, -0.15) is 11.8 Å². The zero-order valence-corrected chi connectivity index (χ0v) is 11.1. The van der Waals surface area contributed by atoms with Crippen LogP contribution in [0.2, 0.25) is 0 Å². The van der Waals surface area contributed by atoms with Crippen LogP contribution in [0.15, 0.2) is 0 Å². The number of hydrogen-bond acceptors (Lipinski definition) is 2. The molecule has 0 fully saturated rings. The molecule has 2 unspecified atom stereocenters. The maximum atomic E-state index is 3.42. The van der Waals surface area contributed by atoms with Gasteiger partial charge in [0.25, 0.3) is 0 Å². The molecule has 0 heterocycles. The topological polar surface area (TPSA) is 12.0 Å². The maximum absolute atomic E-state index is 3.42. The van der Waals surface area contributed by atoms with Gasteiger partial charge in [0.2, 0.25) is 0 Å². The van der Waals surface area contributed by atoms with Crippen molar-refractivity contribution >= 4 is 11.8 Å². The van der Waals surface area contributed by atoms with E-state index < -0.39 is 0 Å². The molecule has 2 atom stereocenters.